The number of phenols is 1. The van der Waals surface area contributed by atoms with Gasteiger partial charge in [-0.3, -0.25) is 43.3 Å². The number of nitrogens with one attached hydrogen (secondary N) is 9. The number of ether oxygens (including phenoxy) is 1. The predicted octanol–water partition coefficient (Wildman–Crippen LogP) is 2.12. The van der Waals surface area contributed by atoms with Crippen LogP contribution in [0.15, 0.2) is 97.2 Å². The standard InChI is InChI=1S/C49H66N10O10S2.C15H20Cl2N2O3/c1-28(61)39(25-60)56-48(68)41-27-71-70-26-40(57-43(63)34(51)21-30-13-5-3-6-14-30)47(67)54-37(22-31-15-7-4-8-16-31)45(65)55-38(23-32-24-52-35-18-10-9-17-33(32)35)46(66)53-36(19-11-12-20-50)44(64)59-42(29(2)62)49(69)58-41;1-3-19-6-4-5-9(19)8-18-15(21)12-13(20)10(16)7-11(17)14(12)22-2/h3-10,13-18,24,28-29,34,36-42,52,60-62H,11-12,19-23,25-27,50-51H2,1-2H3,(H,53,66)(H,54,67)(H,55,65)(H,56,68)(H,57,63)(H,58,69)(H,59,64);7,9,20H,3-6,8H2,1-2H3,(H,18,21)/t28-,29?,34-,36+,37+,38-,39-,40+,41+,42+;9-/m10/s1. The first-order valence-electron chi connectivity index (χ1n) is 30.8. The van der Waals surface area contributed by atoms with E-state index in [2.05, 4.69) is 59.3 Å². The summed E-state index contributed by atoms with van der Waals surface area (Å²) in [4.78, 5) is 118. The predicted molar refractivity (Wildman–Crippen MR) is 359 cm³/mol. The average Bonchev–Trinajstić information content (AvgIpc) is 1.46. The molecule has 0 aliphatic carbocycles. The number of benzene rings is 4. The van der Waals surface area contributed by atoms with Crippen molar-refractivity contribution in [2.24, 2.45) is 11.5 Å². The highest BCUT2D eigenvalue weighted by Crippen LogP contribution is 2.40. The molecule has 506 valence electrons. The van der Waals surface area contributed by atoms with E-state index in [1.54, 1.807) is 60.8 Å². The number of phenolic OH excluding ortho intramolecular Hbond substituents is 1. The summed E-state index contributed by atoms with van der Waals surface area (Å²) in [7, 11) is 3.45. The quantitative estimate of drug-likeness (QED) is 0.0348. The van der Waals surface area contributed by atoms with Crippen molar-refractivity contribution in [3.63, 3.8) is 0 Å². The number of aromatic nitrogens is 1. The number of halogens is 2. The highest BCUT2D eigenvalue weighted by atomic mass is 35.5. The molecule has 1 aromatic heterocycles. The number of hydrogen-bond donors (Lipinski definition) is 15. The van der Waals surface area contributed by atoms with Crippen molar-refractivity contribution in [3.8, 4) is 11.5 Å². The number of aromatic amines is 1. The van der Waals surface area contributed by atoms with Gasteiger partial charge in [-0.1, -0.05) is 131 Å². The number of aromatic hydroxyl groups is 1. The van der Waals surface area contributed by atoms with Crippen LogP contribution in [0.25, 0.3) is 10.9 Å². The number of unbranched alkanes of at least 4 members (excludes halogenated alkanes) is 1. The lowest BCUT2D eigenvalue weighted by Crippen LogP contribution is -2.62. The van der Waals surface area contributed by atoms with Gasteiger partial charge < -0.3 is 84.1 Å². The maximum Gasteiger partial charge on any atom is 0.259 e. The van der Waals surface area contributed by atoms with Crippen LogP contribution >= 0.6 is 44.8 Å². The van der Waals surface area contributed by atoms with Gasteiger partial charge in [-0.05, 0) is 101 Å². The number of carbonyl (C=O) groups is 8. The number of H-pyrrole nitrogens is 1. The second kappa shape index (κ2) is 37.6. The largest absolute Gasteiger partial charge is 0.505 e. The SMILES string of the molecule is CC(O)[C@@H]1NC(=O)[C@H](CCCCN)NC(=O)[C@@H](Cc2c[nH]c3ccccc23)NC(=O)[C@H](Cc2ccccc2)NC(=O)[C@@H](NC(=O)[C@H](N)Cc2ccccc2)CSSC[C@@H](C(=O)N[C@H](CO)[C@@H](C)O)NC1=O.CCN1CCC[C@H]1CNC(=O)c1c(O)c(Cl)cc(Cl)c1OC. The van der Waals surface area contributed by atoms with E-state index in [1.807, 2.05) is 30.3 Å². The molecule has 0 bridgehead atoms. The van der Waals surface area contributed by atoms with Crippen LogP contribution in [0.2, 0.25) is 10.0 Å². The normalized spacial score (nSPS) is 21.8. The fourth-order valence-electron chi connectivity index (χ4n) is 10.6. The summed E-state index contributed by atoms with van der Waals surface area (Å²) >= 11 is 11.9. The van der Waals surface area contributed by atoms with Crippen LogP contribution in [-0.4, -0.2) is 196 Å². The van der Waals surface area contributed by atoms with Crippen molar-refractivity contribution in [2.75, 3.05) is 51.4 Å². The number of fused-ring (bicyclic) bond motifs is 1. The Hall–Kier alpha value is -7.18. The van der Waals surface area contributed by atoms with Gasteiger partial charge in [-0.25, -0.2) is 0 Å². The first kappa shape index (κ1) is 74.9. The van der Waals surface area contributed by atoms with E-state index in [4.69, 9.17) is 39.4 Å². The molecule has 2 aliphatic heterocycles. The van der Waals surface area contributed by atoms with Crippen molar-refractivity contribution < 1.29 is 63.5 Å². The molecule has 8 amide bonds. The van der Waals surface area contributed by atoms with Crippen molar-refractivity contribution in [2.45, 2.75) is 139 Å². The lowest BCUT2D eigenvalue weighted by atomic mass is 10.0. The molecule has 0 spiro atoms. The van der Waals surface area contributed by atoms with E-state index in [-0.39, 0.29) is 70.8 Å². The van der Waals surface area contributed by atoms with E-state index in [0.717, 1.165) is 64.0 Å². The summed E-state index contributed by atoms with van der Waals surface area (Å²) in [6.07, 6.45) is 2.02. The Labute approximate surface area is 558 Å². The molecule has 3 heterocycles. The van der Waals surface area contributed by atoms with Crippen LogP contribution < -0.4 is 58.7 Å². The van der Waals surface area contributed by atoms with E-state index >= 15 is 0 Å². The number of aliphatic hydroxyl groups excluding tert-OH is 3. The Bertz CT molecular complexity index is 3300. The summed E-state index contributed by atoms with van der Waals surface area (Å²) in [6.45, 7) is 6.85. The van der Waals surface area contributed by atoms with E-state index in [1.165, 1.54) is 27.0 Å². The lowest BCUT2D eigenvalue weighted by Gasteiger charge is -2.29. The van der Waals surface area contributed by atoms with Crippen molar-refractivity contribution in [1.82, 2.24) is 52.4 Å². The summed E-state index contributed by atoms with van der Waals surface area (Å²) in [5, 5.41) is 63.6. The van der Waals surface area contributed by atoms with Gasteiger partial charge in [-0.15, -0.1) is 0 Å². The fraction of sp³-hybridized carbons (Fsp3) is 0.469. The molecule has 11 atom stereocenters. The maximum atomic E-state index is 14.7. The molecule has 5 aromatic rings. The molecule has 17 N–H and O–H groups in total. The number of aliphatic hydroxyl groups is 3. The Morgan fingerprint density at radius 2 is 1.41 bits per heavy atom. The maximum absolute atomic E-state index is 14.7. The minimum absolute atomic E-state index is 0.0204. The summed E-state index contributed by atoms with van der Waals surface area (Å²) in [6, 6.07) is 16.3. The number of hydrogen-bond acceptors (Lipinski definition) is 18. The third-order valence-corrected chi connectivity index (χ3v) is 18.8. The van der Waals surface area contributed by atoms with Gasteiger partial charge in [-0.2, -0.15) is 0 Å². The molecule has 0 saturated carbocycles. The van der Waals surface area contributed by atoms with E-state index in [0.29, 0.717) is 36.6 Å². The van der Waals surface area contributed by atoms with Crippen LogP contribution in [0.1, 0.15) is 79.9 Å². The van der Waals surface area contributed by atoms with Gasteiger partial charge in [0.25, 0.3) is 5.91 Å². The van der Waals surface area contributed by atoms with Crippen LogP contribution in [0.3, 0.4) is 0 Å². The molecule has 2 saturated heterocycles. The topological polar surface area (TPSA) is 394 Å². The molecule has 7 rings (SSSR count). The van der Waals surface area contributed by atoms with Gasteiger partial charge in [0.05, 0.1) is 48.1 Å². The number of carbonyl (C=O) groups excluding carboxylic acids is 8. The first-order valence-corrected chi connectivity index (χ1v) is 34.0. The molecule has 25 nitrogen and oxygen atoms in total. The molecule has 1 unspecified atom stereocenters. The molecule has 4 aromatic carbocycles. The second-order valence-electron chi connectivity index (χ2n) is 22.7. The second-order valence-corrected chi connectivity index (χ2v) is 26.1. The Balaban J connectivity index is 0.000000523. The van der Waals surface area contributed by atoms with Gasteiger partial charge in [0, 0.05) is 54.0 Å². The van der Waals surface area contributed by atoms with Crippen LogP contribution in [0.4, 0.5) is 0 Å². The van der Waals surface area contributed by atoms with Gasteiger partial charge in [0.1, 0.15) is 41.8 Å². The Morgan fingerprint density at radius 1 is 0.785 bits per heavy atom. The monoisotopic (exact) mass is 1360 g/mol. The number of amides is 8. The zero-order chi connectivity index (χ0) is 67.7. The third kappa shape index (κ3) is 22.2. The van der Waals surface area contributed by atoms with Crippen molar-refractivity contribution in [1.29, 1.82) is 0 Å². The minimum atomic E-state index is -1.66. The molecule has 2 aliphatic rings. The third-order valence-electron chi connectivity index (χ3n) is 15.8. The van der Waals surface area contributed by atoms with Crippen molar-refractivity contribution in [3.05, 3.63) is 129 Å². The highest BCUT2D eigenvalue weighted by molar-refractivity contribution is 8.76. The van der Waals surface area contributed by atoms with Crippen LogP contribution in [0, 0.1) is 0 Å². The van der Waals surface area contributed by atoms with E-state index in [9.17, 15) is 58.8 Å². The zero-order valence-corrected chi connectivity index (χ0v) is 55.5. The number of likely N-dealkylation sites (N-methyl/N-ethyl adjacent to an activating group) is 1. The minimum Gasteiger partial charge on any atom is -0.505 e. The van der Waals surface area contributed by atoms with Gasteiger partial charge in [0.2, 0.25) is 41.4 Å². The average molecular weight is 1370 g/mol. The van der Waals surface area contributed by atoms with Crippen LogP contribution in [-0.2, 0) is 52.8 Å². The lowest BCUT2D eigenvalue weighted by molar-refractivity contribution is -0.136. The van der Waals surface area contributed by atoms with Gasteiger partial charge >= 0.3 is 0 Å². The number of rotatable bonds is 22. The summed E-state index contributed by atoms with van der Waals surface area (Å²) in [5.41, 5.74) is 15.0. The summed E-state index contributed by atoms with van der Waals surface area (Å²) < 4.78 is 5.13. The summed E-state index contributed by atoms with van der Waals surface area (Å²) in [5.74, 6) is -6.65. The number of likely N-dealkylation sites (tertiary alicyclic amines) is 1. The smallest absolute Gasteiger partial charge is 0.259 e. The Morgan fingerprint density at radius 3 is 2.05 bits per heavy atom. The van der Waals surface area contributed by atoms with Crippen molar-refractivity contribution >= 4 is 103 Å². The number of methoxy groups -OCH3 is 1. The first-order chi connectivity index (χ1) is 44.6. The molecule has 93 heavy (non-hydrogen) atoms. The molecular formula is C64H86Cl2N12O13S2. The Kier molecular flexibility index (Phi) is 30.3. The fourth-order valence-corrected chi connectivity index (χ4v) is 13.4. The van der Waals surface area contributed by atoms with Crippen LogP contribution in [0.5, 0.6) is 11.5 Å². The molecule has 2 fully saturated rings. The number of para-hydroxylation sites is 1. The van der Waals surface area contributed by atoms with E-state index < -0.39 is 114 Å². The van der Waals surface area contributed by atoms with Gasteiger partial charge in [0.15, 0.2) is 11.5 Å². The number of nitrogens with two attached hydrogens (primary N) is 2. The molecular weight excluding hydrogens is 1280 g/mol. The molecule has 0 radical (unpaired) electrons. The zero-order valence-electron chi connectivity index (χ0n) is 52.3. The molecule has 29 heteroatoms. The highest BCUT2D eigenvalue weighted by Gasteiger charge is 2.37. The number of nitrogens with zero attached hydrogens (tertiary/aromatic N) is 1.